The predicted octanol–water partition coefficient (Wildman–Crippen LogP) is 3.56. The summed E-state index contributed by atoms with van der Waals surface area (Å²) in [6.07, 6.45) is 5.23. The summed E-state index contributed by atoms with van der Waals surface area (Å²) in [5.41, 5.74) is 1.62. The first-order valence-electron chi connectivity index (χ1n) is 11.7. The van der Waals surface area contributed by atoms with Crippen molar-refractivity contribution in [2.45, 2.75) is 25.2 Å². The van der Waals surface area contributed by atoms with Crippen LogP contribution in [0, 0.1) is 5.92 Å². The molecule has 36 heavy (non-hydrogen) atoms. The van der Waals surface area contributed by atoms with E-state index in [4.69, 9.17) is 0 Å². The number of rotatable bonds is 9. The maximum atomic E-state index is 13.3. The zero-order chi connectivity index (χ0) is 25.7. The number of sulfonamides is 1. The lowest BCUT2D eigenvalue weighted by molar-refractivity contribution is -0.141. The molecule has 0 spiro atoms. The average Bonchev–Trinajstić information content (AvgIpc) is 3.43. The van der Waals surface area contributed by atoms with Crippen molar-refractivity contribution < 1.29 is 18.0 Å². The Morgan fingerprint density at radius 2 is 1.67 bits per heavy atom. The summed E-state index contributed by atoms with van der Waals surface area (Å²) in [5.74, 6) is -2.46. The fourth-order valence-corrected chi connectivity index (χ4v) is 5.15. The van der Waals surface area contributed by atoms with Gasteiger partial charge >= 0.3 is 0 Å². The average molecular weight is 505 g/mol. The van der Waals surface area contributed by atoms with E-state index in [1.807, 2.05) is 67.1 Å². The molecule has 0 saturated heterocycles. The summed E-state index contributed by atoms with van der Waals surface area (Å²) in [7, 11) is -4.18. The number of carbonyl (C=O) groups is 2. The molecule has 1 N–H and O–H groups in total. The summed E-state index contributed by atoms with van der Waals surface area (Å²) < 4.78 is 30.2. The maximum Gasteiger partial charge on any atom is 0.264 e. The van der Waals surface area contributed by atoms with Gasteiger partial charge in [0.15, 0.2) is 0 Å². The van der Waals surface area contributed by atoms with Crippen LogP contribution in [0.4, 0.5) is 0 Å². The van der Waals surface area contributed by atoms with Gasteiger partial charge < -0.3 is 9.47 Å². The number of benzene rings is 3. The van der Waals surface area contributed by atoms with Gasteiger partial charge in [-0.1, -0.05) is 42.5 Å². The highest BCUT2D eigenvalue weighted by Gasteiger charge is 2.33. The van der Waals surface area contributed by atoms with E-state index in [2.05, 4.69) is 9.71 Å². The van der Waals surface area contributed by atoms with Crippen molar-refractivity contribution in [1.82, 2.24) is 19.2 Å². The molecule has 4 rings (SSSR count). The first-order valence-corrected chi connectivity index (χ1v) is 13.2. The van der Waals surface area contributed by atoms with Gasteiger partial charge in [-0.15, -0.1) is 0 Å². The molecule has 3 aromatic carbocycles. The number of carbonyl (C=O) groups excluding carboxylic acids is 2. The number of aromatic nitrogens is 2. The van der Waals surface area contributed by atoms with E-state index in [-0.39, 0.29) is 11.3 Å². The first kappa shape index (κ1) is 25.1. The topological polar surface area (TPSA) is 101 Å². The van der Waals surface area contributed by atoms with Crippen LogP contribution in [0.1, 0.15) is 19.4 Å². The zero-order valence-corrected chi connectivity index (χ0v) is 21.0. The number of amides is 2. The monoisotopic (exact) mass is 504 g/mol. The van der Waals surface area contributed by atoms with Crippen LogP contribution < -0.4 is 4.72 Å². The van der Waals surface area contributed by atoms with Crippen LogP contribution in [-0.2, 0) is 26.0 Å². The van der Waals surface area contributed by atoms with E-state index in [9.17, 15) is 18.0 Å². The Balaban J connectivity index is 1.59. The smallest absolute Gasteiger partial charge is 0.264 e. The van der Waals surface area contributed by atoms with Gasteiger partial charge in [-0.25, -0.2) is 18.1 Å². The highest BCUT2D eigenvalue weighted by molar-refractivity contribution is 7.90. The Labute approximate surface area is 210 Å². The minimum Gasteiger partial charge on any atom is -0.343 e. The molecule has 0 radical (unpaired) electrons. The van der Waals surface area contributed by atoms with Gasteiger partial charge in [0.2, 0.25) is 11.8 Å². The molecule has 1 aromatic heterocycles. The Morgan fingerprint density at radius 3 is 2.31 bits per heavy atom. The normalized spacial score (nSPS) is 12.3. The fraction of sp³-hybridized carbons (Fsp3) is 0.222. The molecule has 9 heteroatoms. The van der Waals surface area contributed by atoms with Crippen molar-refractivity contribution in [2.24, 2.45) is 5.92 Å². The molecule has 1 atom stereocenters. The Kier molecular flexibility index (Phi) is 7.49. The molecule has 186 valence electrons. The van der Waals surface area contributed by atoms with Crippen molar-refractivity contribution >= 4 is 32.6 Å². The number of nitrogens with zero attached hydrogens (tertiary/aromatic N) is 3. The molecule has 8 nitrogen and oxygen atoms in total. The van der Waals surface area contributed by atoms with Gasteiger partial charge in [-0.05, 0) is 60.9 Å². The molecule has 2 amide bonds. The first-order chi connectivity index (χ1) is 17.3. The number of imidazole rings is 1. The molecular weight excluding hydrogens is 476 g/mol. The second-order valence-electron chi connectivity index (χ2n) is 8.38. The zero-order valence-electron chi connectivity index (χ0n) is 20.2. The molecule has 0 aliphatic rings. The Morgan fingerprint density at radius 1 is 0.972 bits per heavy atom. The molecular formula is C27H28N4O4S. The molecule has 0 aliphatic heterocycles. The van der Waals surface area contributed by atoms with E-state index in [0.717, 1.165) is 22.0 Å². The largest absolute Gasteiger partial charge is 0.343 e. The van der Waals surface area contributed by atoms with Crippen LogP contribution in [0.3, 0.4) is 0 Å². The number of fused-ring (bicyclic) bond motifs is 1. The quantitative estimate of drug-likeness (QED) is 0.351. The minimum absolute atomic E-state index is 0.0340. The number of nitrogens with one attached hydrogen (secondary N) is 1. The van der Waals surface area contributed by atoms with Crippen molar-refractivity contribution in [3.8, 4) is 5.69 Å². The maximum absolute atomic E-state index is 13.3. The molecule has 0 aliphatic carbocycles. The van der Waals surface area contributed by atoms with Crippen LogP contribution in [0.25, 0.3) is 16.5 Å². The van der Waals surface area contributed by atoms with Crippen LogP contribution in [0.15, 0.2) is 90.3 Å². The SMILES string of the molecule is CCN(CC)C(=O)C(Cc1ccc(-n2ccnc2)cc1)C(=O)NS(=O)(=O)c1ccc2ccccc2c1. The van der Waals surface area contributed by atoms with Crippen molar-refractivity contribution in [1.29, 1.82) is 0 Å². The van der Waals surface area contributed by atoms with Gasteiger partial charge in [-0.2, -0.15) is 0 Å². The van der Waals surface area contributed by atoms with Crippen LogP contribution >= 0.6 is 0 Å². The van der Waals surface area contributed by atoms with Crippen LogP contribution in [-0.4, -0.2) is 47.8 Å². The van der Waals surface area contributed by atoms with Gasteiger partial charge in [0, 0.05) is 31.2 Å². The third kappa shape index (κ3) is 5.46. The van der Waals surface area contributed by atoms with E-state index < -0.39 is 27.8 Å². The lowest BCUT2D eigenvalue weighted by Gasteiger charge is -2.24. The summed E-state index contributed by atoms with van der Waals surface area (Å²) in [6, 6.07) is 19.4. The molecule has 0 fully saturated rings. The highest BCUT2D eigenvalue weighted by atomic mass is 32.2. The lowest BCUT2D eigenvalue weighted by atomic mass is 9.97. The third-order valence-corrected chi connectivity index (χ3v) is 7.48. The van der Waals surface area contributed by atoms with Crippen molar-refractivity contribution in [3.05, 3.63) is 91.0 Å². The summed E-state index contributed by atoms with van der Waals surface area (Å²) in [6.45, 7) is 4.47. The fourth-order valence-electron chi connectivity index (χ4n) is 4.10. The van der Waals surface area contributed by atoms with E-state index in [0.29, 0.717) is 13.1 Å². The second-order valence-corrected chi connectivity index (χ2v) is 10.1. The minimum atomic E-state index is -4.18. The van der Waals surface area contributed by atoms with Crippen LogP contribution in [0.2, 0.25) is 0 Å². The molecule has 0 bridgehead atoms. The number of hydrogen-bond acceptors (Lipinski definition) is 5. The molecule has 4 aromatic rings. The van der Waals surface area contributed by atoms with Crippen molar-refractivity contribution in [2.75, 3.05) is 13.1 Å². The Bertz CT molecular complexity index is 1460. The Hall–Kier alpha value is -3.98. The lowest BCUT2D eigenvalue weighted by Crippen LogP contribution is -2.46. The van der Waals surface area contributed by atoms with Gasteiger partial charge in [0.1, 0.15) is 5.92 Å². The molecule has 1 unspecified atom stereocenters. The highest BCUT2D eigenvalue weighted by Crippen LogP contribution is 2.20. The summed E-state index contributed by atoms with van der Waals surface area (Å²) in [5, 5.41) is 1.62. The van der Waals surface area contributed by atoms with Gasteiger partial charge in [0.25, 0.3) is 10.0 Å². The standard InChI is InChI=1S/C27H28N4O4S/c1-3-30(4-2)27(33)25(17-20-9-12-23(13-10-20)31-16-15-28-19-31)26(32)29-36(34,35)24-14-11-21-7-5-6-8-22(21)18-24/h5-16,18-19,25H,3-4,17H2,1-2H3,(H,29,32). The van der Waals surface area contributed by atoms with Crippen molar-refractivity contribution in [3.63, 3.8) is 0 Å². The third-order valence-electron chi connectivity index (χ3n) is 6.13. The van der Waals surface area contributed by atoms with Gasteiger partial charge in [0.05, 0.1) is 11.2 Å². The van der Waals surface area contributed by atoms with E-state index in [1.165, 1.54) is 17.0 Å². The van der Waals surface area contributed by atoms with Crippen LogP contribution in [0.5, 0.6) is 0 Å². The molecule has 1 heterocycles. The second kappa shape index (κ2) is 10.7. The predicted molar refractivity (Wildman–Crippen MR) is 138 cm³/mol. The summed E-state index contributed by atoms with van der Waals surface area (Å²) in [4.78, 5) is 32.1. The van der Waals surface area contributed by atoms with E-state index >= 15 is 0 Å². The van der Waals surface area contributed by atoms with E-state index in [1.54, 1.807) is 24.7 Å². The summed E-state index contributed by atoms with van der Waals surface area (Å²) >= 11 is 0. The molecule has 0 saturated carbocycles. The number of hydrogen-bond donors (Lipinski definition) is 1. The van der Waals surface area contributed by atoms with Gasteiger partial charge in [-0.3, -0.25) is 9.59 Å².